The van der Waals surface area contributed by atoms with E-state index in [1.807, 2.05) is 12.1 Å². The van der Waals surface area contributed by atoms with Crippen molar-refractivity contribution < 1.29 is 9.59 Å². The van der Waals surface area contributed by atoms with Gasteiger partial charge in [0.15, 0.2) is 5.78 Å². The number of tetrazole rings is 1. The molecule has 28 heavy (non-hydrogen) atoms. The fraction of sp³-hybridized carbons (Fsp3) is 0.211. The molecule has 3 aromatic rings. The fourth-order valence-electron chi connectivity index (χ4n) is 2.62. The monoisotopic (exact) mass is 399 g/mol. The zero-order chi connectivity index (χ0) is 20.1. The maximum absolute atomic E-state index is 12.5. The van der Waals surface area contributed by atoms with Crippen LogP contribution in [0.1, 0.15) is 22.8 Å². The number of benzene rings is 2. The van der Waals surface area contributed by atoms with Gasteiger partial charge in [-0.15, -0.1) is 0 Å². The number of carbonyl (C=O) groups excluding carboxylic acids is 2. The summed E-state index contributed by atoms with van der Waals surface area (Å²) in [5.74, 6) is -0.344. The Kier molecular flexibility index (Phi) is 6.00. The molecule has 0 spiro atoms. The van der Waals surface area contributed by atoms with Gasteiger partial charge in [0.05, 0.1) is 10.7 Å². The van der Waals surface area contributed by atoms with Crippen LogP contribution in [-0.4, -0.2) is 38.0 Å². The van der Waals surface area contributed by atoms with Crippen LogP contribution in [0.25, 0.3) is 5.69 Å². The molecule has 144 valence electrons. The Balaban J connectivity index is 1.69. The minimum atomic E-state index is -0.548. The van der Waals surface area contributed by atoms with Crippen molar-refractivity contribution in [3.8, 4) is 5.69 Å². The van der Waals surface area contributed by atoms with Crippen LogP contribution in [0, 0.1) is 0 Å². The lowest BCUT2D eigenvalue weighted by Crippen LogP contribution is -2.27. The molecule has 0 saturated heterocycles. The van der Waals surface area contributed by atoms with Crippen molar-refractivity contribution in [2.75, 3.05) is 6.54 Å². The lowest BCUT2D eigenvalue weighted by molar-refractivity contribution is -0.118. The second-order valence-electron chi connectivity index (χ2n) is 6.14. The normalized spacial score (nSPS) is 10.6. The number of halogens is 1. The molecular formula is C19H18ClN5O3. The summed E-state index contributed by atoms with van der Waals surface area (Å²) in [5.41, 5.74) is 1.30. The number of ketones is 1. The largest absolute Gasteiger partial charge is 0.368 e. The van der Waals surface area contributed by atoms with E-state index in [-0.39, 0.29) is 18.2 Å². The highest BCUT2D eigenvalue weighted by Crippen LogP contribution is 2.16. The highest BCUT2D eigenvalue weighted by atomic mass is 35.5. The molecule has 0 unspecified atom stereocenters. The SMILES string of the molecule is CC(=O)NCCc1ccc(C(=O)Cn2nnn(-c3ccccc3Cl)c2=O)cc1. The Bertz CT molecular complexity index is 1060. The van der Waals surface area contributed by atoms with Gasteiger partial charge < -0.3 is 5.32 Å². The third-order valence-corrected chi connectivity index (χ3v) is 4.40. The summed E-state index contributed by atoms with van der Waals surface area (Å²) in [6.45, 7) is 1.77. The van der Waals surface area contributed by atoms with Crippen molar-refractivity contribution in [3.05, 3.63) is 75.2 Å². The summed E-state index contributed by atoms with van der Waals surface area (Å²) in [7, 11) is 0. The molecule has 0 aliphatic carbocycles. The molecule has 0 saturated carbocycles. The van der Waals surface area contributed by atoms with Crippen molar-refractivity contribution in [1.82, 2.24) is 25.1 Å². The Morgan fingerprint density at radius 2 is 1.79 bits per heavy atom. The predicted octanol–water partition coefficient (Wildman–Crippen LogP) is 1.64. The molecule has 0 fully saturated rings. The third kappa shape index (κ3) is 4.52. The minimum Gasteiger partial charge on any atom is -0.356 e. The number of aromatic nitrogens is 4. The van der Waals surface area contributed by atoms with Crippen LogP contribution >= 0.6 is 11.6 Å². The molecule has 0 bridgehead atoms. The Hall–Kier alpha value is -3.26. The summed E-state index contributed by atoms with van der Waals surface area (Å²) >= 11 is 6.08. The molecule has 1 aromatic heterocycles. The van der Waals surface area contributed by atoms with Crippen molar-refractivity contribution in [2.45, 2.75) is 19.9 Å². The number of hydrogen-bond acceptors (Lipinski definition) is 5. The average Bonchev–Trinajstić information content (AvgIpc) is 3.03. The highest BCUT2D eigenvalue weighted by molar-refractivity contribution is 6.32. The molecule has 0 atom stereocenters. The van der Waals surface area contributed by atoms with E-state index >= 15 is 0 Å². The van der Waals surface area contributed by atoms with Crippen LogP contribution < -0.4 is 11.0 Å². The van der Waals surface area contributed by atoms with E-state index in [1.165, 1.54) is 6.92 Å². The van der Waals surface area contributed by atoms with Gasteiger partial charge in [0.1, 0.15) is 6.54 Å². The Labute approximate surface area is 165 Å². The zero-order valence-electron chi connectivity index (χ0n) is 15.1. The molecule has 1 heterocycles. The number of para-hydroxylation sites is 1. The van der Waals surface area contributed by atoms with Crippen LogP contribution in [0.3, 0.4) is 0 Å². The van der Waals surface area contributed by atoms with Gasteiger partial charge in [0.25, 0.3) is 0 Å². The standard InChI is InChI=1S/C19H18ClN5O3/c1-13(26)21-11-10-14-6-8-15(9-7-14)18(27)12-24-19(28)25(23-22-24)17-5-3-2-4-16(17)20/h2-9H,10-12H2,1H3,(H,21,26). The molecule has 8 nitrogen and oxygen atoms in total. The third-order valence-electron chi connectivity index (χ3n) is 4.08. The number of nitrogens with one attached hydrogen (secondary N) is 1. The van der Waals surface area contributed by atoms with E-state index in [4.69, 9.17) is 11.6 Å². The van der Waals surface area contributed by atoms with Gasteiger partial charge in [-0.3, -0.25) is 9.59 Å². The number of rotatable bonds is 7. The van der Waals surface area contributed by atoms with Crippen LogP contribution in [0.15, 0.2) is 53.3 Å². The molecule has 0 aliphatic heterocycles. The molecule has 1 N–H and O–H groups in total. The summed E-state index contributed by atoms with van der Waals surface area (Å²) in [5, 5.41) is 10.7. The Morgan fingerprint density at radius 1 is 1.07 bits per heavy atom. The first-order valence-electron chi connectivity index (χ1n) is 8.60. The van der Waals surface area contributed by atoms with Gasteiger partial charge in [-0.05, 0) is 34.5 Å². The number of Topliss-reactive ketones (excluding diaryl/α,β-unsaturated/α-hetero) is 1. The predicted molar refractivity (Wildman–Crippen MR) is 104 cm³/mol. The first kappa shape index (κ1) is 19.5. The van der Waals surface area contributed by atoms with Crippen molar-refractivity contribution in [3.63, 3.8) is 0 Å². The van der Waals surface area contributed by atoms with Crippen molar-refractivity contribution in [2.24, 2.45) is 0 Å². The minimum absolute atomic E-state index is 0.0814. The van der Waals surface area contributed by atoms with Gasteiger partial charge in [-0.25, -0.2) is 4.79 Å². The molecule has 2 aromatic carbocycles. The summed E-state index contributed by atoms with van der Waals surface area (Å²) in [4.78, 5) is 35.8. The van der Waals surface area contributed by atoms with Crippen molar-refractivity contribution >= 4 is 23.3 Å². The Morgan fingerprint density at radius 3 is 2.46 bits per heavy atom. The van der Waals surface area contributed by atoms with E-state index in [1.54, 1.807) is 36.4 Å². The molecule has 3 rings (SSSR count). The summed E-state index contributed by atoms with van der Waals surface area (Å²) in [6.07, 6.45) is 0.666. The van der Waals surface area contributed by atoms with Gasteiger partial charge in [0.2, 0.25) is 5.91 Å². The van der Waals surface area contributed by atoms with E-state index < -0.39 is 5.69 Å². The maximum Gasteiger partial charge on any atom is 0.368 e. The molecular weight excluding hydrogens is 382 g/mol. The molecule has 0 radical (unpaired) electrons. The van der Waals surface area contributed by atoms with E-state index in [2.05, 4.69) is 15.7 Å². The fourth-order valence-corrected chi connectivity index (χ4v) is 2.83. The number of carbonyl (C=O) groups is 2. The first-order chi connectivity index (χ1) is 13.5. The first-order valence-corrected chi connectivity index (χ1v) is 8.98. The second kappa shape index (κ2) is 8.62. The maximum atomic E-state index is 12.5. The van der Waals surface area contributed by atoms with Gasteiger partial charge in [0, 0.05) is 19.0 Å². The quantitative estimate of drug-likeness (QED) is 0.609. The van der Waals surface area contributed by atoms with Gasteiger partial charge in [-0.1, -0.05) is 48.0 Å². The molecule has 0 aliphatic rings. The lowest BCUT2D eigenvalue weighted by Gasteiger charge is -2.04. The smallest absolute Gasteiger partial charge is 0.356 e. The van der Waals surface area contributed by atoms with E-state index in [0.717, 1.165) is 14.9 Å². The van der Waals surface area contributed by atoms with Crippen LogP contribution in [-0.2, 0) is 17.8 Å². The van der Waals surface area contributed by atoms with Crippen LogP contribution in [0.5, 0.6) is 0 Å². The highest BCUT2D eigenvalue weighted by Gasteiger charge is 2.15. The van der Waals surface area contributed by atoms with E-state index in [0.29, 0.717) is 29.2 Å². The van der Waals surface area contributed by atoms with Gasteiger partial charge in [-0.2, -0.15) is 9.36 Å². The van der Waals surface area contributed by atoms with Crippen LogP contribution in [0.2, 0.25) is 5.02 Å². The number of nitrogens with zero attached hydrogens (tertiary/aromatic N) is 4. The van der Waals surface area contributed by atoms with Gasteiger partial charge >= 0.3 is 5.69 Å². The number of hydrogen-bond donors (Lipinski definition) is 1. The second-order valence-corrected chi connectivity index (χ2v) is 6.54. The lowest BCUT2D eigenvalue weighted by atomic mass is 10.1. The topological polar surface area (TPSA) is 98.9 Å². The van der Waals surface area contributed by atoms with Crippen molar-refractivity contribution in [1.29, 1.82) is 0 Å². The van der Waals surface area contributed by atoms with E-state index in [9.17, 15) is 14.4 Å². The zero-order valence-corrected chi connectivity index (χ0v) is 15.9. The average molecular weight is 400 g/mol. The van der Waals surface area contributed by atoms with Crippen LogP contribution in [0.4, 0.5) is 0 Å². The molecule has 9 heteroatoms. The number of amides is 1. The molecule has 1 amide bonds. The summed E-state index contributed by atoms with van der Waals surface area (Å²) in [6, 6.07) is 13.8. The summed E-state index contributed by atoms with van der Waals surface area (Å²) < 4.78 is 2.05.